The van der Waals surface area contributed by atoms with Gasteiger partial charge in [-0.1, -0.05) is 90.5 Å². The SMILES string of the molecule is C[C@@H](O)[C@H](NC(=O)[C@H](CCCCN)NC(=O)[C@@H](Cc1c[nH]c2ccccc12)NC(=O)[C@H](Cc1cccnc1)N(C)C(=O)[C@@H](CS)NC(=O)[C@@H](N)Cc1ccc(Cl)cc1)C(=O)N[C@@H](CS)C(=O)N[C@@H](Cc1ccc2ccccc2c1)C(=O)O. The number of hydrogen-bond donors (Lipinski definition) is 13. The zero-order valence-corrected chi connectivity index (χ0v) is 47.8. The van der Waals surface area contributed by atoms with Gasteiger partial charge in [-0.25, -0.2) is 4.79 Å². The van der Waals surface area contributed by atoms with E-state index in [1.807, 2.05) is 54.6 Å². The number of carboxylic acid groups (broad SMARTS) is 1. The molecule has 0 aliphatic rings. The molecule has 436 valence electrons. The van der Waals surface area contributed by atoms with Crippen molar-refractivity contribution >= 4 is 106 Å². The number of aromatic amines is 1. The number of aliphatic hydroxyl groups is 1. The zero-order chi connectivity index (χ0) is 59.5. The number of H-pyrrole nitrogens is 1. The lowest BCUT2D eigenvalue weighted by Crippen LogP contribution is -2.62. The molecule has 21 nitrogen and oxygen atoms in total. The summed E-state index contributed by atoms with van der Waals surface area (Å²) in [4.78, 5) is 120. The molecule has 0 bridgehead atoms. The van der Waals surface area contributed by atoms with Gasteiger partial charge in [0.05, 0.1) is 12.1 Å². The maximum absolute atomic E-state index is 14.9. The number of rotatable bonds is 30. The number of aliphatic hydroxyl groups excluding tert-OH is 1. The fraction of sp³-hybridized carbons (Fsp3) is 0.362. The Morgan fingerprint density at radius 2 is 1.27 bits per heavy atom. The van der Waals surface area contributed by atoms with E-state index in [9.17, 15) is 48.6 Å². The molecule has 0 saturated heterocycles. The molecule has 2 heterocycles. The number of nitrogens with one attached hydrogen (secondary N) is 7. The van der Waals surface area contributed by atoms with Gasteiger partial charge >= 0.3 is 5.97 Å². The summed E-state index contributed by atoms with van der Waals surface area (Å²) in [6.07, 6.45) is 3.69. The number of fused-ring (bicyclic) bond motifs is 2. The van der Waals surface area contributed by atoms with E-state index in [1.165, 1.54) is 26.4 Å². The Hall–Kier alpha value is -7.54. The Balaban J connectivity index is 1.21. The summed E-state index contributed by atoms with van der Waals surface area (Å²) in [5.41, 5.74) is 15.4. The smallest absolute Gasteiger partial charge is 0.326 e. The molecule has 9 atom stereocenters. The normalized spacial score (nSPS) is 14.6. The standard InChI is InChI=1S/C58H70ClN11O10S2/c1-33(71)50(56(77)67-47(31-81)54(75)66-46(58(79)80)26-35-16-19-37-11-3-4-12-38(37)24-35)69-52(73)44(15-7-8-22-60)64-53(74)45(28-39-30-63-43-14-6-5-13-41(39)43)65-55(76)49(27-36-10-9-23-62-29-36)70(2)57(78)48(32-82)68-51(72)42(61)25-34-17-20-40(59)21-18-34/h3-6,9-14,16-21,23-24,29-30,33,42,44-50,63,71,81-82H,7-8,15,22,25-28,31-32,60-61H2,1-2H3,(H,64,74)(H,65,76)(H,66,75)(H,67,77)(H,68,72)(H,69,73)(H,79,80)/t33-,42+,44+,45-,46+,47+,48-,49+,50+/m1/s1. The molecule has 0 aliphatic carbocycles. The van der Waals surface area contributed by atoms with Crippen molar-refractivity contribution in [2.24, 2.45) is 11.5 Å². The number of carbonyl (C=O) groups is 8. The number of likely N-dealkylation sites (N-methyl/N-ethyl adjacent to an activating group) is 1. The number of para-hydroxylation sites is 1. The van der Waals surface area contributed by atoms with Gasteiger partial charge in [-0.2, -0.15) is 25.3 Å². The number of thiol groups is 2. The Labute approximate surface area is 490 Å². The number of amides is 7. The third-order valence-corrected chi connectivity index (χ3v) is 14.8. The Morgan fingerprint density at radius 3 is 1.94 bits per heavy atom. The van der Waals surface area contributed by atoms with Crippen LogP contribution in [0.4, 0.5) is 0 Å². The van der Waals surface area contributed by atoms with E-state index in [1.54, 1.807) is 54.7 Å². The molecule has 0 fully saturated rings. The summed E-state index contributed by atoms with van der Waals surface area (Å²) >= 11 is 14.6. The number of carbonyl (C=O) groups excluding carboxylic acids is 7. The number of hydrogen-bond acceptors (Lipinski definition) is 14. The second-order valence-corrected chi connectivity index (χ2v) is 21.1. The van der Waals surface area contributed by atoms with Gasteiger partial charge in [0.15, 0.2) is 0 Å². The molecule has 7 amide bonds. The lowest BCUT2D eigenvalue weighted by Gasteiger charge is -2.32. The first-order chi connectivity index (χ1) is 39.3. The highest BCUT2D eigenvalue weighted by atomic mass is 35.5. The van der Waals surface area contributed by atoms with Gasteiger partial charge in [0.2, 0.25) is 41.4 Å². The molecule has 6 rings (SSSR count). The van der Waals surface area contributed by atoms with Crippen LogP contribution in [0, 0.1) is 0 Å². The van der Waals surface area contributed by atoms with Crippen LogP contribution in [0.15, 0.2) is 122 Å². The molecule has 24 heteroatoms. The molecular weight excluding hydrogens is 1110 g/mol. The molecular formula is C58H70ClN11O10S2. The first-order valence-corrected chi connectivity index (χ1v) is 28.3. The number of aromatic nitrogens is 2. The van der Waals surface area contributed by atoms with Gasteiger partial charge in [-0.15, -0.1) is 0 Å². The van der Waals surface area contributed by atoms with E-state index in [0.29, 0.717) is 34.6 Å². The number of benzene rings is 4. The Bertz CT molecular complexity index is 3170. The summed E-state index contributed by atoms with van der Waals surface area (Å²) < 4.78 is 0. The summed E-state index contributed by atoms with van der Waals surface area (Å²) in [5.74, 6) is -7.59. The maximum Gasteiger partial charge on any atom is 0.326 e. The van der Waals surface area contributed by atoms with E-state index in [-0.39, 0.29) is 50.2 Å². The van der Waals surface area contributed by atoms with Crippen molar-refractivity contribution in [2.45, 2.75) is 106 Å². The number of pyridine rings is 1. The fourth-order valence-corrected chi connectivity index (χ4v) is 9.83. The average molecular weight is 1180 g/mol. The van der Waals surface area contributed by atoms with E-state index in [2.05, 4.69) is 67.1 Å². The predicted octanol–water partition coefficient (Wildman–Crippen LogP) is 2.16. The Kier molecular flexibility index (Phi) is 24.1. The lowest BCUT2D eigenvalue weighted by atomic mass is 10.0. The van der Waals surface area contributed by atoms with Crippen molar-refractivity contribution in [3.05, 3.63) is 149 Å². The van der Waals surface area contributed by atoms with Crippen LogP contribution in [0.5, 0.6) is 0 Å². The van der Waals surface area contributed by atoms with Crippen LogP contribution in [0.25, 0.3) is 21.7 Å². The zero-order valence-electron chi connectivity index (χ0n) is 45.3. The predicted molar refractivity (Wildman–Crippen MR) is 319 cm³/mol. The van der Waals surface area contributed by atoms with Crippen LogP contribution < -0.4 is 43.4 Å². The number of carboxylic acids is 1. The highest BCUT2D eigenvalue weighted by molar-refractivity contribution is 7.80. The Morgan fingerprint density at radius 1 is 0.646 bits per heavy atom. The minimum atomic E-state index is -1.71. The largest absolute Gasteiger partial charge is 0.480 e. The number of halogens is 1. The topological polar surface area (TPSA) is 333 Å². The molecule has 13 N–H and O–H groups in total. The number of nitrogens with two attached hydrogens (primary N) is 2. The van der Waals surface area contributed by atoms with Crippen molar-refractivity contribution in [2.75, 3.05) is 25.1 Å². The second kappa shape index (κ2) is 31.0. The van der Waals surface area contributed by atoms with Crippen molar-refractivity contribution < 1.29 is 48.6 Å². The van der Waals surface area contributed by atoms with Gasteiger partial charge in [0.1, 0.15) is 42.3 Å². The van der Waals surface area contributed by atoms with E-state index >= 15 is 0 Å². The van der Waals surface area contributed by atoms with Gasteiger partial charge in [0.25, 0.3) is 0 Å². The van der Waals surface area contributed by atoms with Crippen LogP contribution in [0.3, 0.4) is 0 Å². The number of nitrogens with zero attached hydrogens (tertiary/aromatic N) is 2. The van der Waals surface area contributed by atoms with Crippen molar-refractivity contribution in [1.82, 2.24) is 46.8 Å². The maximum atomic E-state index is 14.9. The van der Waals surface area contributed by atoms with Gasteiger partial charge in [-0.3, -0.25) is 38.5 Å². The summed E-state index contributed by atoms with van der Waals surface area (Å²) in [6.45, 7) is 1.46. The molecule has 0 saturated carbocycles. The highest BCUT2D eigenvalue weighted by Crippen LogP contribution is 2.21. The van der Waals surface area contributed by atoms with Crippen LogP contribution in [-0.2, 0) is 64.0 Å². The van der Waals surface area contributed by atoms with Crippen LogP contribution in [-0.4, -0.2) is 152 Å². The molecule has 6 aromatic rings. The van der Waals surface area contributed by atoms with E-state index in [0.717, 1.165) is 32.1 Å². The van der Waals surface area contributed by atoms with Crippen molar-refractivity contribution in [3.63, 3.8) is 0 Å². The summed E-state index contributed by atoms with van der Waals surface area (Å²) in [6, 6.07) is 19.3. The van der Waals surface area contributed by atoms with Crippen LogP contribution >= 0.6 is 36.9 Å². The molecule has 0 spiro atoms. The number of aliphatic carboxylic acids is 1. The summed E-state index contributed by atoms with van der Waals surface area (Å²) in [7, 11) is 1.38. The molecule has 82 heavy (non-hydrogen) atoms. The molecule has 2 aromatic heterocycles. The quantitative estimate of drug-likeness (QED) is 0.0228. The van der Waals surface area contributed by atoms with Crippen LogP contribution in [0.1, 0.15) is 48.4 Å². The van der Waals surface area contributed by atoms with Gasteiger partial charge < -0.3 is 63.5 Å². The molecule has 4 aromatic carbocycles. The monoisotopic (exact) mass is 1180 g/mol. The van der Waals surface area contributed by atoms with Crippen molar-refractivity contribution in [3.8, 4) is 0 Å². The van der Waals surface area contributed by atoms with Gasteiger partial charge in [0, 0.05) is 72.3 Å². The minimum absolute atomic E-state index is 0.0206. The molecule has 0 aliphatic heterocycles. The first kappa shape index (κ1) is 63.6. The van der Waals surface area contributed by atoms with Crippen LogP contribution in [0.2, 0.25) is 5.02 Å². The summed E-state index contributed by atoms with van der Waals surface area (Å²) in [5, 5.41) is 39.8. The van der Waals surface area contributed by atoms with Gasteiger partial charge in [-0.05, 0) is 96.4 Å². The van der Waals surface area contributed by atoms with E-state index < -0.39 is 102 Å². The minimum Gasteiger partial charge on any atom is -0.480 e. The first-order valence-electron chi connectivity index (χ1n) is 26.6. The lowest BCUT2D eigenvalue weighted by molar-refractivity contribution is -0.142. The highest BCUT2D eigenvalue weighted by Gasteiger charge is 2.37. The fourth-order valence-electron chi connectivity index (χ4n) is 9.20. The molecule has 0 radical (unpaired) electrons. The third kappa shape index (κ3) is 18.0. The third-order valence-electron chi connectivity index (χ3n) is 13.8. The van der Waals surface area contributed by atoms with E-state index in [4.69, 9.17) is 23.1 Å². The second-order valence-electron chi connectivity index (χ2n) is 19.9. The number of unbranched alkanes of at least 4 members (excludes halogenated alkanes) is 1. The molecule has 0 unspecified atom stereocenters. The average Bonchev–Trinajstić information content (AvgIpc) is 3.93. The van der Waals surface area contributed by atoms with Crippen molar-refractivity contribution in [1.29, 1.82) is 0 Å².